The van der Waals surface area contributed by atoms with E-state index in [0.29, 0.717) is 11.8 Å². The standard InChI is InChI=1S/C24H20N2O4S/c1-12-20-17(11-16-21(20)24(16,2)3)26(25-12)23(28)13-8-9-15-19(10-13)31(29,30)18-7-5-4-6-14(18)22(15)27/h4-10,16,21H,11H2,1-3H3/t16-,21-/m0/s1. The van der Waals surface area contributed by atoms with Crippen molar-refractivity contribution in [1.29, 1.82) is 0 Å². The van der Waals surface area contributed by atoms with Gasteiger partial charge >= 0.3 is 0 Å². The molecule has 0 spiro atoms. The van der Waals surface area contributed by atoms with Gasteiger partial charge < -0.3 is 0 Å². The molecule has 3 aliphatic rings. The van der Waals surface area contributed by atoms with Gasteiger partial charge in [0.1, 0.15) is 0 Å². The van der Waals surface area contributed by atoms with Crippen LogP contribution in [0.3, 0.4) is 0 Å². The van der Waals surface area contributed by atoms with Gasteiger partial charge in [-0.15, -0.1) is 0 Å². The monoisotopic (exact) mass is 432 g/mol. The second-order valence-corrected chi connectivity index (χ2v) is 11.2. The molecular formula is C24H20N2O4S. The third-order valence-corrected chi connectivity index (χ3v) is 9.21. The second-order valence-electron chi connectivity index (χ2n) is 9.31. The third-order valence-electron chi connectivity index (χ3n) is 7.36. The summed E-state index contributed by atoms with van der Waals surface area (Å²) in [5.41, 5.74) is 3.66. The van der Waals surface area contributed by atoms with E-state index in [1.165, 1.54) is 35.0 Å². The quantitative estimate of drug-likeness (QED) is 0.459. The summed E-state index contributed by atoms with van der Waals surface area (Å²) in [6.07, 6.45) is 0.800. The number of aromatic nitrogens is 2. The van der Waals surface area contributed by atoms with Crippen LogP contribution in [-0.4, -0.2) is 29.9 Å². The highest BCUT2D eigenvalue weighted by atomic mass is 32.2. The molecule has 0 unspecified atom stereocenters. The van der Waals surface area contributed by atoms with Crippen LogP contribution in [0.1, 0.15) is 63.0 Å². The number of benzene rings is 2. The molecular weight excluding hydrogens is 412 g/mol. The molecule has 1 aromatic heterocycles. The first-order valence-corrected chi connectivity index (χ1v) is 11.8. The summed E-state index contributed by atoms with van der Waals surface area (Å²) < 4.78 is 27.8. The number of rotatable bonds is 1. The minimum absolute atomic E-state index is 0.0183. The van der Waals surface area contributed by atoms with Crippen molar-refractivity contribution in [3.8, 4) is 0 Å². The summed E-state index contributed by atoms with van der Waals surface area (Å²) >= 11 is 0. The van der Waals surface area contributed by atoms with Gasteiger partial charge in [-0.05, 0) is 60.9 Å². The minimum atomic E-state index is -3.90. The van der Waals surface area contributed by atoms with Crippen LogP contribution in [0, 0.1) is 18.3 Å². The molecule has 0 radical (unpaired) electrons. The molecule has 2 aliphatic carbocycles. The Labute approximate surface area is 179 Å². The van der Waals surface area contributed by atoms with E-state index in [1.54, 1.807) is 12.1 Å². The lowest BCUT2D eigenvalue weighted by Gasteiger charge is -2.19. The van der Waals surface area contributed by atoms with Gasteiger partial charge in [-0.1, -0.05) is 26.0 Å². The number of carbonyl (C=O) groups excluding carboxylic acids is 2. The summed E-state index contributed by atoms with van der Waals surface area (Å²) in [6, 6.07) is 10.5. The Hall–Kier alpha value is -3.06. The fourth-order valence-corrected chi connectivity index (χ4v) is 7.28. The van der Waals surface area contributed by atoms with E-state index in [0.717, 1.165) is 23.4 Å². The van der Waals surface area contributed by atoms with E-state index in [4.69, 9.17) is 0 Å². The first-order valence-electron chi connectivity index (χ1n) is 10.3. The first kappa shape index (κ1) is 18.7. The van der Waals surface area contributed by atoms with Crippen LogP contribution in [0.25, 0.3) is 0 Å². The van der Waals surface area contributed by atoms with Crippen LogP contribution in [0.15, 0.2) is 52.3 Å². The Morgan fingerprint density at radius 2 is 1.81 bits per heavy atom. The van der Waals surface area contributed by atoms with Gasteiger partial charge in [-0.25, -0.2) is 13.1 Å². The van der Waals surface area contributed by atoms with E-state index in [-0.39, 0.29) is 43.6 Å². The van der Waals surface area contributed by atoms with Crippen molar-refractivity contribution in [1.82, 2.24) is 9.78 Å². The van der Waals surface area contributed by atoms with Crippen molar-refractivity contribution >= 4 is 21.5 Å². The molecule has 7 heteroatoms. The van der Waals surface area contributed by atoms with E-state index >= 15 is 0 Å². The summed E-state index contributed by atoms with van der Waals surface area (Å²) in [7, 11) is -3.90. The molecule has 31 heavy (non-hydrogen) atoms. The van der Waals surface area contributed by atoms with Crippen molar-refractivity contribution in [2.75, 3.05) is 0 Å². The largest absolute Gasteiger partial charge is 0.289 e. The smallest absolute Gasteiger partial charge is 0.278 e. The van der Waals surface area contributed by atoms with Crippen LogP contribution in [0.5, 0.6) is 0 Å². The number of hydrogen-bond donors (Lipinski definition) is 0. The SMILES string of the molecule is Cc1nn(C(=O)c2ccc3c(c2)S(=O)(=O)c2ccccc2C3=O)c2c1[C@@H]1[C@H](C2)C1(C)C. The van der Waals surface area contributed by atoms with E-state index in [9.17, 15) is 18.0 Å². The molecule has 1 fully saturated rings. The van der Waals surface area contributed by atoms with Crippen molar-refractivity contribution in [3.05, 3.63) is 76.1 Å². The first-order chi connectivity index (χ1) is 14.6. The molecule has 6 rings (SSSR count). The van der Waals surface area contributed by atoms with E-state index < -0.39 is 9.84 Å². The molecule has 2 heterocycles. The van der Waals surface area contributed by atoms with Crippen LogP contribution in [-0.2, 0) is 16.3 Å². The summed E-state index contributed by atoms with van der Waals surface area (Å²) in [4.78, 5) is 26.0. The lowest BCUT2D eigenvalue weighted by molar-refractivity contribution is 0.0939. The van der Waals surface area contributed by atoms with Crippen LogP contribution >= 0.6 is 0 Å². The Bertz CT molecular complexity index is 1460. The molecule has 0 bridgehead atoms. The zero-order valence-electron chi connectivity index (χ0n) is 17.3. The summed E-state index contributed by atoms with van der Waals surface area (Å²) in [5.74, 6) is 0.240. The molecule has 1 aliphatic heterocycles. The molecule has 0 saturated heterocycles. The highest BCUT2D eigenvalue weighted by Gasteiger charge is 2.64. The molecule has 0 N–H and O–H groups in total. The average Bonchev–Trinajstić information content (AvgIpc) is 3.06. The number of fused-ring (bicyclic) bond motifs is 5. The van der Waals surface area contributed by atoms with Gasteiger partial charge in [0.15, 0.2) is 5.78 Å². The highest BCUT2D eigenvalue weighted by Crippen LogP contribution is 2.70. The topological polar surface area (TPSA) is 86.1 Å². The zero-order chi connectivity index (χ0) is 21.9. The number of sulfone groups is 1. The molecule has 1 saturated carbocycles. The van der Waals surface area contributed by atoms with Gasteiger partial charge in [0, 0.05) is 22.3 Å². The molecule has 3 aromatic rings. The van der Waals surface area contributed by atoms with Crippen LogP contribution < -0.4 is 0 Å². The predicted octanol–water partition coefficient (Wildman–Crippen LogP) is 3.55. The normalized spacial score (nSPS) is 23.5. The fraction of sp³-hybridized carbons (Fsp3) is 0.292. The number of ketones is 1. The summed E-state index contributed by atoms with van der Waals surface area (Å²) in [6.45, 7) is 6.41. The van der Waals surface area contributed by atoms with Gasteiger partial charge in [0.2, 0.25) is 9.84 Å². The van der Waals surface area contributed by atoms with Crippen molar-refractivity contribution in [2.24, 2.45) is 11.3 Å². The van der Waals surface area contributed by atoms with E-state index in [1.807, 2.05) is 6.92 Å². The third kappa shape index (κ3) is 2.22. The Morgan fingerprint density at radius 1 is 1.10 bits per heavy atom. The van der Waals surface area contributed by atoms with Gasteiger partial charge in [-0.3, -0.25) is 9.59 Å². The number of carbonyl (C=O) groups is 2. The molecule has 0 amide bonds. The maximum atomic E-state index is 13.3. The molecule has 2 atom stereocenters. The summed E-state index contributed by atoms with van der Waals surface area (Å²) in [5, 5.41) is 4.50. The fourth-order valence-electron chi connectivity index (χ4n) is 5.60. The number of hydrogen-bond acceptors (Lipinski definition) is 5. The molecule has 156 valence electrons. The maximum Gasteiger partial charge on any atom is 0.278 e. The van der Waals surface area contributed by atoms with E-state index in [2.05, 4.69) is 18.9 Å². The maximum absolute atomic E-state index is 13.3. The Balaban J connectivity index is 1.46. The molecule has 6 nitrogen and oxygen atoms in total. The van der Waals surface area contributed by atoms with Gasteiger partial charge in [0.25, 0.3) is 5.91 Å². The second kappa shape index (κ2) is 5.59. The minimum Gasteiger partial charge on any atom is -0.289 e. The van der Waals surface area contributed by atoms with Gasteiger partial charge in [-0.2, -0.15) is 5.10 Å². The Morgan fingerprint density at radius 3 is 2.58 bits per heavy atom. The van der Waals surface area contributed by atoms with Gasteiger partial charge in [0.05, 0.1) is 21.2 Å². The van der Waals surface area contributed by atoms with Crippen molar-refractivity contribution < 1.29 is 18.0 Å². The highest BCUT2D eigenvalue weighted by molar-refractivity contribution is 7.91. The van der Waals surface area contributed by atoms with Crippen LogP contribution in [0.2, 0.25) is 0 Å². The van der Waals surface area contributed by atoms with Crippen LogP contribution in [0.4, 0.5) is 0 Å². The predicted molar refractivity (Wildman–Crippen MR) is 112 cm³/mol. The van der Waals surface area contributed by atoms with Crippen molar-refractivity contribution in [3.63, 3.8) is 0 Å². The lowest BCUT2D eigenvalue weighted by atomic mass is 9.98. The lowest BCUT2D eigenvalue weighted by Crippen LogP contribution is -2.22. The number of nitrogens with zero attached hydrogens (tertiary/aromatic N) is 2. The average molecular weight is 433 g/mol. The zero-order valence-corrected chi connectivity index (χ0v) is 18.2. The molecule has 2 aromatic carbocycles. The number of aryl methyl sites for hydroxylation is 1. The Kier molecular flexibility index (Phi) is 3.37. The van der Waals surface area contributed by atoms with Crippen molar-refractivity contribution in [2.45, 2.75) is 42.9 Å².